The number of nitrogens with one attached hydrogen (secondary N) is 1. The predicted molar refractivity (Wildman–Crippen MR) is 101 cm³/mol. The number of non-ortho nitro benzene ring substituents is 1. The number of ketones is 1. The lowest BCUT2D eigenvalue weighted by molar-refractivity contribution is -0.384. The summed E-state index contributed by atoms with van der Waals surface area (Å²) in [6.45, 7) is 1.18. The van der Waals surface area contributed by atoms with E-state index in [0.717, 1.165) is 24.5 Å². The molecule has 2 rings (SSSR count). The van der Waals surface area contributed by atoms with Gasteiger partial charge in [0.25, 0.3) is 11.6 Å². The first-order valence-corrected chi connectivity index (χ1v) is 8.71. The van der Waals surface area contributed by atoms with Crippen LogP contribution in [0.15, 0.2) is 48.5 Å². The molecule has 0 saturated carbocycles. The number of nitrogens with zero attached hydrogens (tertiary/aromatic N) is 1. The fraction of sp³-hybridized carbons (Fsp3) is 0.250. The molecule has 0 aromatic heterocycles. The van der Waals surface area contributed by atoms with Crippen LogP contribution in [0.25, 0.3) is 0 Å². The first kappa shape index (κ1) is 20.8. The molecule has 0 radical (unpaired) electrons. The molecule has 0 aliphatic heterocycles. The Balaban J connectivity index is 1.80. The number of amides is 1. The molecule has 0 saturated heterocycles. The van der Waals surface area contributed by atoms with Crippen molar-refractivity contribution >= 4 is 23.3 Å². The Morgan fingerprint density at radius 3 is 2.43 bits per heavy atom. The van der Waals surface area contributed by atoms with Gasteiger partial charge in [-0.05, 0) is 18.1 Å². The van der Waals surface area contributed by atoms with Crippen molar-refractivity contribution < 1.29 is 24.0 Å². The average Bonchev–Trinajstić information content (AvgIpc) is 2.71. The number of nitro benzene ring substituents is 1. The average molecular weight is 384 g/mol. The summed E-state index contributed by atoms with van der Waals surface area (Å²) < 4.78 is 4.87. The summed E-state index contributed by atoms with van der Waals surface area (Å²) in [5, 5.41) is 13.0. The number of hydrogen-bond donors (Lipinski definition) is 1. The lowest BCUT2D eigenvalue weighted by Crippen LogP contribution is -2.31. The van der Waals surface area contributed by atoms with Crippen molar-refractivity contribution in [2.24, 2.45) is 0 Å². The van der Waals surface area contributed by atoms with Crippen LogP contribution in [-0.2, 0) is 16.0 Å². The lowest BCUT2D eigenvalue weighted by Gasteiger charge is -2.07. The topological polar surface area (TPSA) is 116 Å². The number of carbonyl (C=O) groups excluding carboxylic acids is 3. The van der Waals surface area contributed by atoms with Gasteiger partial charge in [0, 0.05) is 23.3 Å². The largest absolute Gasteiger partial charge is 0.456 e. The van der Waals surface area contributed by atoms with Gasteiger partial charge in [0.15, 0.2) is 12.4 Å². The third kappa shape index (κ3) is 6.01. The molecule has 0 heterocycles. The van der Waals surface area contributed by atoms with Crippen LogP contribution in [0.1, 0.15) is 39.6 Å². The van der Waals surface area contributed by atoms with E-state index in [1.807, 2.05) is 12.1 Å². The molecule has 0 unspecified atom stereocenters. The third-order valence-electron chi connectivity index (χ3n) is 3.89. The van der Waals surface area contributed by atoms with Crippen LogP contribution in [-0.4, -0.2) is 35.7 Å². The highest BCUT2D eigenvalue weighted by atomic mass is 16.6. The normalized spacial score (nSPS) is 10.2. The number of carbonyl (C=O) groups is 3. The molecule has 0 atom stereocenters. The molecule has 2 aromatic carbocycles. The Morgan fingerprint density at radius 1 is 1.07 bits per heavy atom. The molecule has 8 heteroatoms. The maximum atomic E-state index is 12.1. The van der Waals surface area contributed by atoms with Gasteiger partial charge in [0.05, 0.1) is 4.92 Å². The fourth-order valence-electron chi connectivity index (χ4n) is 2.44. The van der Waals surface area contributed by atoms with Gasteiger partial charge in [-0.3, -0.25) is 24.5 Å². The third-order valence-corrected chi connectivity index (χ3v) is 3.89. The summed E-state index contributed by atoms with van der Waals surface area (Å²) in [6, 6.07) is 12.2. The van der Waals surface area contributed by atoms with E-state index in [9.17, 15) is 24.5 Å². The van der Waals surface area contributed by atoms with Gasteiger partial charge in [0.2, 0.25) is 0 Å². The van der Waals surface area contributed by atoms with Gasteiger partial charge in [-0.2, -0.15) is 0 Å². The van der Waals surface area contributed by atoms with Gasteiger partial charge in [-0.15, -0.1) is 0 Å². The minimum atomic E-state index is -0.783. The SMILES string of the molecule is CCCc1ccc(C(=O)COC(=O)CNC(=O)c2cccc([N+](=O)[O-])c2)cc1. The Morgan fingerprint density at radius 2 is 1.79 bits per heavy atom. The second-order valence-corrected chi connectivity index (χ2v) is 6.02. The molecule has 1 amide bonds. The molecular formula is C20H20N2O6. The van der Waals surface area contributed by atoms with Crippen LogP contribution >= 0.6 is 0 Å². The molecule has 0 fully saturated rings. The first-order chi connectivity index (χ1) is 13.4. The molecule has 1 N–H and O–H groups in total. The Kier molecular flexibility index (Phi) is 7.38. The van der Waals surface area contributed by atoms with Gasteiger partial charge < -0.3 is 10.1 Å². The van der Waals surface area contributed by atoms with Crippen molar-refractivity contribution in [2.45, 2.75) is 19.8 Å². The highest BCUT2D eigenvalue weighted by Gasteiger charge is 2.14. The van der Waals surface area contributed by atoms with Crippen molar-refractivity contribution in [1.82, 2.24) is 5.32 Å². The minimum absolute atomic E-state index is 0.0465. The number of aryl methyl sites for hydroxylation is 1. The molecule has 146 valence electrons. The van der Waals surface area contributed by atoms with Crippen LogP contribution in [0.3, 0.4) is 0 Å². The maximum absolute atomic E-state index is 12.1. The molecule has 2 aromatic rings. The van der Waals surface area contributed by atoms with Crippen LogP contribution < -0.4 is 5.32 Å². The second-order valence-electron chi connectivity index (χ2n) is 6.02. The quantitative estimate of drug-likeness (QED) is 0.308. The van der Waals surface area contributed by atoms with Crippen molar-refractivity contribution in [3.05, 3.63) is 75.3 Å². The van der Waals surface area contributed by atoms with Crippen LogP contribution in [0, 0.1) is 10.1 Å². The number of esters is 1. The zero-order valence-electron chi connectivity index (χ0n) is 15.3. The van der Waals surface area contributed by atoms with Crippen molar-refractivity contribution in [3.8, 4) is 0 Å². The van der Waals surface area contributed by atoms with E-state index in [4.69, 9.17) is 4.74 Å². The van der Waals surface area contributed by atoms with Crippen LogP contribution in [0.5, 0.6) is 0 Å². The van der Waals surface area contributed by atoms with E-state index in [1.165, 1.54) is 18.2 Å². The van der Waals surface area contributed by atoms with E-state index < -0.39 is 30.0 Å². The smallest absolute Gasteiger partial charge is 0.325 e. The number of rotatable bonds is 9. The Hall–Kier alpha value is -3.55. The Bertz CT molecular complexity index is 877. The molecule has 0 bridgehead atoms. The van der Waals surface area contributed by atoms with Crippen molar-refractivity contribution in [2.75, 3.05) is 13.2 Å². The molecule has 0 aliphatic rings. The summed E-state index contributed by atoms with van der Waals surface area (Å²) in [5.41, 5.74) is 1.38. The van der Waals surface area contributed by atoms with Gasteiger partial charge in [0.1, 0.15) is 6.54 Å². The summed E-state index contributed by atoms with van der Waals surface area (Å²) in [7, 11) is 0. The zero-order valence-corrected chi connectivity index (χ0v) is 15.3. The summed E-state index contributed by atoms with van der Waals surface area (Å²) in [4.78, 5) is 45.8. The van der Waals surface area contributed by atoms with Gasteiger partial charge >= 0.3 is 5.97 Å². The highest BCUT2D eigenvalue weighted by molar-refractivity contribution is 5.99. The maximum Gasteiger partial charge on any atom is 0.325 e. The second kappa shape index (κ2) is 9.96. The minimum Gasteiger partial charge on any atom is -0.456 e. The molecule has 28 heavy (non-hydrogen) atoms. The van der Waals surface area contributed by atoms with Crippen LogP contribution in [0.2, 0.25) is 0 Å². The predicted octanol–water partition coefficient (Wildman–Crippen LogP) is 2.70. The first-order valence-electron chi connectivity index (χ1n) is 8.71. The standard InChI is InChI=1S/C20H20N2O6/c1-2-4-14-7-9-15(10-8-14)18(23)13-28-19(24)12-21-20(25)16-5-3-6-17(11-16)22(26)27/h3,5-11H,2,4,12-13H2,1H3,(H,21,25). The fourth-order valence-corrected chi connectivity index (χ4v) is 2.44. The molecule has 8 nitrogen and oxygen atoms in total. The Labute approximate surface area is 161 Å². The van der Waals surface area contributed by atoms with E-state index in [0.29, 0.717) is 5.56 Å². The van der Waals surface area contributed by atoms with Crippen LogP contribution in [0.4, 0.5) is 5.69 Å². The monoisotopic (exact) mass is 384 g/mol. The van der Waals surface area contributed by atoms with Crippen molar-refractivity contribution in [1.29, 1.82) is 0 Å². The molecular weight excluding hydrogens is 364 g/mol. The van der Waals surface area contributed by atoms with E-state index in [2.05, 4.69) is 12.2 Å². The van der Waals surface area contributed by atoms with E-state index in [-0.39, 0.29) is 17.0 Å². The number of Topliss-reactive ketones (excluding diaryl/α,β-unsaturated/α-hetero) is 1. The number of benzene rings is 2. The summed E-state index contributed by atoms with van der Waals surface area (Å²) in [5.74, 6) is -1.78. The molecule has 0 aliphatic carbocycles. The summed E-state index contributed by atoms with van der Waals surface area (Å²) in [6.07, 6.45) is 1.93. The van der Waals surface area contributed by atoms with Gasteiger partial charge in [-0.1, -0.05) is 43.7 Å². The highest BCUT2D eigenvalue weighted by Crippen LogP contribution is 2.13. The zero-order chi connectivity index (χ0) is 20.5. The number of hydrogen-bond acceptors (Lipinski definition) is 6. The molecule has 0 spiro atoms. The number of nitro groups is 1. The summed E-state index contributed by atoms with van der Waals surface area (Å²) >= 11 is 0. The lowest BCUT2D eigenvalue weighted by atomic mass is 10.1. The van der Waals surface area contributed by atoms with Gasteiger partial charge in [-0.25, -0.2) is 0 Å². The van der Waals surface area contributed by atoms with E-state index >= 15 is 0 Å². The number of ether oxygens (including phenoxy) is 1. The van der Waals surface area contributed by atoms with Crippen molar-refractivity contribution in [3.63, 3.8) is 0 Å². The van der Waals surface area contributed by atoms with E-state index in [1.54, 1.807) is 12.1 Å².